The molecule has 0 saturated heterocycles. The lowest BCUT2D eigenvalue weighted by Gasteiger charge is -2.07. The maximum atomic E-state index is 10.5. The molecule has 0 fully saturated rings. The number of hydrogen-bond donors (Lipinski definition) is 0. The van der Waals surface area contributed by atoms with Crippen LogP contribution < -0.4 is 0 Å². The Hall–Kier alpha value is -1.38. The van der Waals surface area contributed by atoms with E-state index in [2.05, 4.69) is 26.0 Å². The van der Waals surface area contributed by atoms with Crippen LogP contribution in [0.5, 0.6) is 0 Å². The van der Waals surface area contributed by atoms with Crippen molar-refractivity contribution in [1.82, 2.24) is 0 Å². The third-order valence-corrected chi connectivity index (χ3v) is 2.56. The van der Waals surface area contributed by atoms with E-state index in [1.54, 1.807) is 6.92 Å². The highest BCUT2D eigenvalue weighted by Gasteiger charge is 2.13. The Kier molecular flexibility index (Phi) is 4.47. The lowest BCUT2D eigenvalue weighted by atomic mass is 10.00. The van der Waals surface area contributed by atoms with E-state index < -0.39 is 6.04 Å². The van der Waals surface area contributed by atoms with Crippen LogP contribution in [0.2, 0.25) is 0 Å². The number of hydrogen-bond acceptors (Lipinski definition) is 2. The molecule has 1 aromatic carbocycles. The van der Waals surface area contributed by atoms with Gasteiger partial charge in [-0.15, -0.1) is 0 Å². The highest BCUT2D eigenvalue weighted by Crippen LogP contribution is 2.11. The smallest absolute Gasteiger partial charge is 0.214 e. The van der Waals surface area contributed by atoms with Gasteiger partial charge in [0.15, 0.2) is 0 Å². The first-order valence-electron chi connectivity index (χ1n) is 5.70. The number of nitrogens with zero attached hydrogens (tertiary/aromatic N) is 1. The van der Waals surface area contributed by atoms with Gasteiger partial charge in [0.25, 0.3) is 0 Å². The van der Waals surface area contributed by atoms with E-state index in [0.29, 0.717) is 12.3 Å². The number of rotatable bonds is 5. The van der Waals surface area contributed by atoms with Crippen molar-refractivity contribution < 1.29 is 4.92 Å². The molecule has 1 rings (SSSR count). The van der Waals surface area contributed by atoms with Crippen LogP contribution in [0.25, 0.3) is 0 Å². The molecule has 0 amide bonds. The summed E-state index contributed by atoms with van der Waals surface area (Å²) in [5.41, 5.74) is 2.34. The molecule has 0 aliphatic carbocycles. The molecule has 0 saturated carbocycles. The van der Waals surface area contributed by atoms with Crippen molar-refractivity contribution in [2.45, 2.75) is 39.7 Å². The third kappa shape index (κ3) is 4.01. The van der Waals surface area contributed by atoms with Gasteiger partial charge in [-0.1, -0.05) is 38.1 Å². The van der Waals surface area contributed by atoms with E-state index in [1.165, 1.54) is 5.56 Å². The van der Waals surface area contributed by atoms with Gasteiger partial charge in [-0.25, -0.2) is 0 Å². The van der Waals surface area contributed by atoms with Crippen LogP contribution in [0, 0.1) is 16.0 Å². The Labute approximate surface area is 96.6 Å². The lowest BCUT2D eigenvalue weighted by Crippen LogP contribution is -2.17. The average molecular weight is 221 g/mol. The quantitative estimate of drug-likeness (QED) is 0.566. The van der Waals surface area contributed by atoms with Crippen LogP contribution in [0.1, 0.15) is 31.9 Å². The van der Waals surface area contributed by atoms with Crippen molar-refractivity contribution in [1.29, 1.82) is 0 Å². The van der Waals surface area contributed by atoms with Crippen molar-refractivity contribution in [3.8, 4) is 0 Å². The third-order valence-electron chi connectivity index (χ3n) is 2.56. The molecule has 88 valence electrons. The molecular formula is C13H19NO2. The summed E-state index contributed by atoms with van der Waals surface area (Å²) in [6, 6.07) is 7.63. The lowest BCUT2D eigenvalue weighted by molar-refractivity contribution is -0.517. The monoisotopic (exact) mass is 221 g/mol. The molecule has 3 nitrogen and oxygen atoms in total. The highest BCUT2D eigenvalue weighted by atomic mass is 16.6. The first-order chi connectivity index (χ1) is 7.49. The second kappa shape index (κ2) is 5.64. The van der Waals surface area contributed by atoms with Gasteiger partial charge in [0.1, 0.15) is 0 Å². The van der Waals surface area contributed by atoms with Gasteiger partial charge < -0.3 is 0 Å². The first kappa shape index (κ1) is 12.7. The topological polar surface area (TPSA) is 43.1 Å². The minimum absolute atomic E-state index is 0.234. The molecule has 0 radical (unpaired) electrons. The van der Waals surface area contributed by atoms with Gasteiger partial charge in [0, 0.05) is 18.3 Å². The largest absolute Gasteiger partial charge is 0.264 e. The zero-order valence-electron chi connectivity index (χ0n) is 10.1. The van der Waals surface area contributed by atoms with Gasteiger partial charge >= 0.3 is 0 Å². The molecule has 0 N–H and O–H groups in total. The van der Waals surface area contributed by atoms with Gasteiger partial charge in [0.05, 0.1) is 0 Å². The minimum atomic E-state index is -0.504. The molecule has 3 heteroatoms. The molecule has 1 unspecified atom stereocenters. The van der Waals surface area contributed by atoms with Gasteiger partial charge in [-0.2, -0.15) is 0 Å². The fourth-order valence-electron chi connectivity index (χ4n) is 1.70. The zero-order valence-corrected chi connectivity index (χ0v) is 10.1. The fourth-order valence-corrected chi connectivity index (χ4v) is 1.70. The Morgan fingerprint density at radius 1 is 1.06 bits per heavy atom. The van der Waals surface area contributed by atoms with Gasteiger partial charge in [0.2, 0.25) is 6.04 Å². The van der Waals surface area contributed by atoms with Gasteiger partial charge in [-0.3, -0.25) is 10.1 Å². The summed E-state index contributed by atoms with van der Waals surface area (Å²) in [7, 11) is 0. The highest BCUT2D eigenvalue weighted by molar-refractivity contribution is 5.23. The van der Waals surface area contributed by atoms with Crippen LogP contribution >= 0.6 is 0 Å². The zero-order chi connectivity index (χ0) is 12.1. The van der Waals surface area contributed by atoms with E-state index >= 15 is 0 Å². The molecule has 0 bridgehead atoms. The summed E-state index contributed by atoms with van der Waals surface area (Å²) in [5, 5.41) is 10.5. The van der Waals surface area contributed by atoms with E-state index in [4.69, 9.17) is 0 Å². The first-order valence-corrected chi connectivity index (χ1v) is 5.70. The molecule has 0 aromatic heterocycles. The summed E-state index contributed by atoms with van der Waals surface area (Å²) in [6.07, 6.45) is 1.57. The molecule has 1 aromatic rings. The predicted octanol–water partition coefficient (Wildman–Crippen LogP) is 3.09. The maximum Gasteiger partial charge on any atom is 0.214 e. The Balaban J connectivity index is 2.61. The molecule has 1 atom stereocenters. The Bertz CT molecular complexity index is 343. The maximum absolute atomic E-state index is 10.5. The Morgan fingerprint density at radius 3 is 1.88 bits per heavy atom. The summed E-state index contributed by atoms with van der Waals surface area (Å²) < 4.78 is 0. The molecule has 0 spiro atoms. The van der Waals surface area contributed by atoms with E-state index in [1.807, 2.05) is 12.1 Å². The number of nitro groups is 1. The SMILES string of the molecule is CC(C)Cc1ccc(CC(C)[N+](=O)[O-])cc1. The van der Waals surface area contributed by atoms with Crippen LogP contribution in [0.3, 0.4) is 0 Å². The summed E-state index contributed by atoms with van der Waals surface area (Å²) in [5.74, 6) is 0.642. The van der Waals surface area contributed by atoms with Crippen LogP contribution in [0.4, 0.5) is 0 Å². The molecule has 0 heterocycles. The standard InChI is InChI=1S/C13H19NO2/c1-10(2)8-12-4-6-13(7-5-12)9-11(3)14(15)16/h4-7,10-11H,8-9H2,1-3H3. The van der Waals surface area contributed by atoms with Crippen LogP contribution in [0.15, 0.2) is 24.3 Å². The van der Waals surface area contributed by atoms with Gasteiger partial charge in [-0.05, 0) is 23.5 Å². The van der Waals surface area contributed by atoms with E-state index in [-0.39, 0.29) is 4.92 Å². The van der Waals surface area contributed by atoms with Crippen LogP contribution in [-0.4, -0.2) is 11.0 Å². The summed E-state index contributed by atoms with van der Waals surface area (Å²) in [6.45, 7) is 6.01. The summed E-state index contributed by atoms with van der Waals surface area (Å²) in [4.78, 5) is 10.3. The van der Waals surface area contributed by atoms with E-state index in [9.17, 15) is 10.1 Å². The normalized spacial score (nSPS) is 12.8. The molecular weight excluding hydrogens is 202 g/mol. The second-order valence-corrected chi connectivity index (χ2v) is 4.75. The second-order valence-electron chi connectivity index (χ2n) is 4.75. The predicted molar refractivity (Wildman–Crippen MR) is 65.1 cm³/mol. The van der Waals surface area contributed by atoms with E-state index in [0.717, 1.165) is 12.0 Å². The van der Waals surface area contributed by atoms with Crippen LogP contribution in [-0.2, 0) is 12.8 Å². The molecule has 0 aliphatic heterocycles. The fraction of sp³-hybridized carbons (Fsp3) is 0.538. The average Bonchev–Trinajstić information content (AvgIpc) is 2.20. The van der Waals surface area contributed by atoms with Crippen molar-refractivity contribution in [3.05, 3.63) is 45.5 Å². The minimum Gasteiger partial charge on any atom is -0.264 e. The van der Waals surface area contributed by atoms with Crippen molar-refractivity contribution >= 4 is 0 Å². The molecule has 0 aliphatic rings. The molecule has 16 heavy (non-hydrogen) atoms. The van der Waals surface area contributed by atoms with Crippen molar-refractivity contribution in [2.75, 3.05) is 0 Å². The number of benzene rings is 1. The summed E-state index contributed by atoms with van der Waals surface area (Å²) >= 11 is 0. The Morgan fingerprint density at radius 2 is 1.50 bits per heavy atom. The van der Waals surface area contributed by atoms with Crippen molar-refractivity contribution in [3.63, 3.8) is 0 Å². The van der Waals surface area contributed by atoms with Crippen molar-refractivity contribution in [2.24, 2.45) is 5.92 Å².